The predicted molar refractivity (Wildman–Crippen MR) is 123 cm³/mol. The summed E-state index contributed by atoms with van der Waals surface area (Å²) >= 11 is 1.66. The summed E-state index contributed by atoms with van der Waals surface area (Å²) in [7, 11) is 0. The van der Waals surface area contributed by atoms with Crippen LogP contribution in [0.5, 0.6) is 0 Å². The van der Waals surface area contributed by atoms with Crippen LogP contribution in [0.15, 0.2) is 82.6 Å². The van der Waals surface area contributed by atoms with Crippen LogP contribution in [0, 0.1) is 0 Å². The van der Waals surface area contributed by atoms with Crippen LogP contribution < -0.4 is 5.56 Å². The minimum Gasteiger partial charge on any atom is -0.286 e. The smallest absolute Gasteiger partial charge is 0.266 e. The Morgan fingerprint density at radius 3 is 2.33 bits per heavy atom. The fourth-order valence-electron chi connectivity index (χ4n) is 4.32. The van der Waals surface area contributed by atoms with Gasteiger partial charge in [-0.05, 0) is 42.5 Å². The van der Waals surface area contributed by atoms with Gasteiger partial charge in [0, 0.05) is 29.7 Å². The van der Waals surface area contributed by atoms with Crippen molar-refractivity contribution in [1.29, 1.82) is 0 Å². The van der Waals surface area contributed by atoms with Gasteiger partial charge in [0.1, 0.15) is 5.65 Å². The third kappa shape index (κ3) is 3.15. The van der Waals surface area contributed by atoms with Crippen LogP contribution in [0.1, 0.15) is 29.8 Å². The van der Waals surface area contributed by atoms with Gasteiger partial charge in [-0.25, -0.2) is 4.98 Å². The Morgan fingerprint density at radius 1 is 0.933 bits per heavy atom. The maximum atomic E-state index is 13.7. The molecule has 0 fully saturated rings. The molecule has 150 valence electrons. The van der Waals surface area contributed by atoms with Crippen molar-refractivity contribution in [2.75, 3.05) is 6.26 Å². The van der Waals surface area contributed by atoms with Crippen LogP contribution in [0.25, 0.3) is 16.8 Å². The molecule has 5 heteroatoms. The van der Waals surface area contributed by atoms with Gasteiger partial charge in [0.05, 0.1) is 17.3 Å². The average molecular weight is 414 g/mol. The van der Waals surface area contributed by atoms with E-state index in [9.17, 15) is 4.79 Å². The standard InChI is InChI=1S/C25H23N3OS/c1-17(27-15-18-9-3-4-10-19(18)16-27)24-23(20-11-5-6-12-21(20)30-2)25(29)28-14-8-7-13-22(28)26-24/h3-14,17H,15-16H2,1-2H3. The summed E-state index contributed by atoms with van der Waals surface area (Å²) in [6.45, 7) is 3.91. The predicted octanol–water partition coefficient (Wildman–Crippen LogP) is 5.16. The number of aromatic nitrogens is 2. The van der Waals surface area contributed by atoms with Crippen molar-refractivity contribution in [2.24, 2.45) is 0 Å². The number of hydrogen-bond donors (Lipinski definition) is 0. The van der Waals surface area contributed by atoms with E-state index in [2.05, 4.69) is 42.2 Å². The summed E-state index contributed by atoms with van der Waals surface area (Å²) in [5.41, 5.74) is 5.89. The number of rotatable bonds is 4. The highest BCUT2D eigenvalue weighted by atomic mass is 32.2. The number of fused-ring (bicyclic) bond motifs is 2. The molecule has 2 aromatic carbocycles. The van der Waals surface area contributed by atoms with Crippen molar-refractivity contribution in [2.45, 2.75) is 31.0 Å². The summed E-state index contributed by atoms with van der Waals surface area (Å²) in [6, 6.07) is 22.4. The first-order valence-corrected chi connectivity index (χ1v) is 11.4. The van der Waals surface area contributed by atoms with Crippen LogP contribution in [0.3, 0.4) is 0 Å². The quantitative estimate of drug-likeness (QED) is 0.433. The van der Waals surface area contributed by atoms with Crippen molar-refractivity contribution in [1.82, 2.24) is 14.3 Å². The summed E-state index contributed by atoms with van der Waals surface area (Å²) in [4.78, 5) is 22.1. The largest absolute Gasteiger partial charge is 0.286 e. The molecule has 0 radical (unpaired) electrons. The van der Waals surface area contributed by atoms with Gasteiger partial charge in [-0.15, -0.1) is 11.8 Å². The Morgan fingerprint density at radius 2 is 1.60 bits per heavy atom. The SMILES string of the molecule is CSc1ccccc1-c1c(C(C)N2Cc3ccccc3C2)nc2ccccn2c1=O. The first kappa shape index (κ1) is 19.1. The number of thioether (sulfide) groups is 1. The molecule has 0 bridgehead atoms. The van der Waals surface area contributed by atoms with Gasteiger partial charge < -0.3 is 0 Å². The number of hydrogen-bond acceptors (Lipinski definition) is 4. The van der Waals surface area contributed by atoms with Crippen molar-refractivity contribution < 1.29 is 0 Å². The lowest BCUT2D eigenvalue weighted by Crippen LogP contribution is -2.27. The van der Waals surface area contributed by atoms with Crippen LogP contribution in [-0.2, 0) is 13.1 Å². The molecule has 4 aromatic rings. The monoisotopic (exact) mass is 413 g/mol. The topological polar surface area (TPSA) is 37.6 Å². The Balaban J connectivity index is 1.70. The normalized spacial score (nSPS) is 14.7. The molecule has 0 N–H and O–H groups in total. The summed E-state index contributed by atoms with van der Waals surface area (Å²) in [5.74, 6) is 0. The van der Waals surface area contributed by atoms with E-state index < -0.39 is 0 Å². The zero-order valence-corrected chi connectivity index (χ0v) is 17.9. The molecule has 4 nitrogen and oxygen atoms in total. The lowest BCUT2D eigenvalue weighted by Gasteiger charge is -2.26. The van der Waals surface area contributed by atoms with Crippen LogP contribution in [0.2, 0.25) is 0 Å². The Kier molecular flexibility index (Phi) is 4.93. The van der Waals surface area contributed by atoms with E-state index in [1.165, 1.54) is 11.1 Å². The molecule has 0 saturated carbocycles. The zero-order chi connectivity index (χ0) is 20.7. The molecule has 1 aliphatic rings. The number of pyridine rings is 1. The third-order valence-corrected chi connectivity index (χ3v) is 6.74. The van der Waals surface area contributed by atoms with E-state index in [-0.39, 0.29) is 11.6 Å². The summed E-state index contributed by atoms with van der Waals surface area (Å²) < 4.78 is 1.65. The molecule has 30 heavy (non-hydrogen) atoms. The Labute approximate surface area is 180 Å². The summed E-state index contributed by atoms with van der Waals surface area (Å²) in [5, 5.41) is 0. The molecule has 0 aliphatic carbocycles. The highest BCUT2D eigenvalue weighted by Crippen LogP contribution is 2.36. The zero-order valence-electron chi connectivity index (χ0n) is 17.1. The first-order chi connectivity index (χ1) is 14.7. The highest BCUT2D eigenvalue weighted by Gasteiger charge is 2.29. The van der Waals surface area contributed by atoms with Gasteiger partial charge >= 0.3 is 0 Å². The van der Waals surface area contributed by atoms with E-state index in [0.717, 1.165) is 29.2 Å². The maximum absolute atomic E-state index is 13.7. The molecule has 0 amide bonds. The second kappa shape index (κ2) is 7.74. The molecule has 3 heterocycles. The molecule has 1 aliphatic heterocycles. The van der Waals surface area contributed by atoms with Gasteiger partial charge in [-0.1, -0.05) is 48.5 Å². The van der Waals surface area contributed by atoms with Crippen LogP contribution in [-0.4, -0.2) is 20.5 Å². The Bertz CT molecular complexity index is 1270. The fraction of sp³-hybridized carbons (Fsp3) is 0.200. The van der Waals surface area contributed by atoms with E-state index in [4.69, 9.17) is 4.98 Å². The van der Waals surface area contributed by atoms with Crippen LogP contribution in [0.4, 0.5) is 0 Å². The molecule has 1 atom stereocenters. The second-order valence-electron chi connectivity index (χ2n) is 7.66. The average Bonchev–Trinajstić information content (AvgIpc) is 3.23. The fourth-order valence-corrected chi connectivity index (χ4v) is 4.92. The molecular formula is C25H23N3OS. The van der Waals surface area contributed by atoms with Crippen molar-refractivity contribution in [3.63, 3.8) is 0 Å². The maximum Gasteiger partial charge on any atom is 0.266 e. The lowest BCUT2D eigenvalue weighted by molar-refractivity contribution is 0.211. The molecule has 0 spiro atoms. The van der Waals surface area contributed by atoms with Crippen molar-refractivity contribution in [3.05, 3.63) is 100 Å². The van der Waals surface area contributed by atoms with Gasteiger partial charge in [-0.2, -0.15) is 0 Å². The van der Waals surface area contributed by atoms with Gasteiger partial charge in [0.25, 0.3) is 5.56 Å². The van der Waals surface area contributed by atoms with E-state index in [1.807, 2.05) is 42.7 Å². The highest BCUT2D eigenvalue weighted by molar-refractivity contribution is 7.98. The van der Waals surface area contributed by atoms with Crippen molar-refractivity contribution >= 4 is 17.4 Å². The Hall–Kier alpha value is -2.89. The second-order valence-corrected chi connectivity index (χ2v) is 8.50. The molecule has 1 unspecified atom stereocenters. The molecule has 2 aromatic heterocycles. The number of nitrogens with zero attached hydrogens (tertiary/aromatic N) is 3. The third-order valence-electron chi connectivity index (χ3n) is 5.95. The minimum atomic E-state index is -0.0133. The van der Waals surface area contributed by atoms with Crippen molar-refractivity contribution in [3.8, 4) is 11.1 Å². The lowest BCUT2D eigenvalue weighted by atomic mass is 10.0. The van der Waals surface area contributed by atoms with Gasteiger partial charge in [-0.3, -0.25) is 14.1 Å². The minimum absolute atomic E-state index is 0.0133. The number of benzene rings is 2. The van der Waals surface area contributed by atoms with Gasteiger partial charge in [0.15, 0.2) is 0 Å². The van der Waals surface area contributed by atoms with E-state index >= 15 is 0 Å². The first-order valence-electron chi connectivity index (χ1n) is 10.1. The van der Waals surface area contributed by atoms with Crippen LogP contribution >= 0.6 is 11.8 Å². The molecule has 0 saturated heterocycles. The van der Waals surface area contributed by atoms with E-state index in [1.54, 1.807) is 22.4 Å². The summed E-state index contributed by atoms with van der Waals surface area (Å²) in [6.07, 6.45) is 3.85. The molecular weight excluding hydrogens is 390 g/mol. The molecule has 5 rings (SSSR count). The van der Waals surface area contributed by atoms with Gasteiger partial charge in [0.2, 0.25) is 0 Å². The van der Waals surface area contributed by atoms with E-state index in [0.29, 0.717) is 11.2 Å².